The number of alkyl carbamates (subject to hydrolysis) is 1. The van der Waals surface area contributed by atoms with E-state index in [0.717, 1.165) is 35.1 Å². The summed E-state index contributed by atoms with van der Waals surface area (Å²) in [6, 6.07) is 14.9. The highest BCUT2D eigenvalue weighted by Crippen LogP contribution is 2.44. The Morgan fingerprint density at radius 1 is 0.971 bits per heavy atom. The number of unbranched alkanes of at least 4 members (excludes halogenated alkanes) is 1. The van der Waals surface area contributed by atoms with Gasteiger partial charge in [-0.05, 0) is 41.0 Å². The number of hydrogen-bond donors (Lipinski definition) is 3. The molecule has 0 saturated carbocycles. The van der Waals surface area contributed by atoms with Crippen molar-refractivity contribution in [1.82, 2.24) is 10.6 Å². The molecule has 2 atom stereocenters. The van der Waals surface area contributed by atoms with E-state index in [0.29, 0.717) is 12.8 Å². The zero-order chi connectivity index (χ0) is 25.4. The van der Waals surface area contributed by atoms with E-state index in [4.69, 9.17) is 4.74 Å². The first kappa shape index (κ1) is 26.3. The van der Waals surface area contributed by atoms with Crippen LogP contribution in [0.4, 0.5) is 4.79 Å². The van der Waals surface area contributed by atoms with Crippen LogP contribution >= 0.6 is 0 Å². The van der Waals surface area contributed by atoms with Gasteiger partial charge in [-0.3, -0.25) is 9.59 Å². The van der Waals surface area contributed by atoms with Gasteiger partial charge in [-0.2, -0.15) is 0 Å². The minimum Gasteiger partial charge on any atom is -0.481 e. The second-order valence-corrected chi connectivity index (χ2v) is 9.60. The average Bonchev–Trinajstić information content (AvgIpc) is 3.14. The Kier molecular flexibility index (Phi) is 9.29. The Bertz CT molecular complexity index is 990. The van der Waals surface area contributed by atoms with Crippen molar-refractivity contribution in [2.24, 2.45) is 5.92 Å². The van der Waals surface area contributed by atoms with Gasteiger partial charge in [0.1, 0.15) is 12.6 Å². The summed E-state index contributed by atoms with van der Waals surface area (Å²) in [6.07, 6.45) is 1.91. The van der Waals surface area contributed by atoms with E-state index in [2.05, 4.69) is 34.9 Å². The fourth-order valence-corrected chi connectivity index (χ4v) is 4.67. The largest absolute Gasteiger partial charge is 0.481 e. The summed E-state index contributed by atoms with van der Waals surface area (Å²) in [4.78, 5) is 37.0. The molecule has 0 aliphatic heterocycles. The van der Waals surface area contributed by atoms with Crippen LogP contribution in [0, 0.1) is 5.92 Å². The SMILES string of the molecule is CCCC[C@@H](CC(=O)O)NC(=O)C(CC(C)C)NC(=O)OCC1c2ccccc2-c2ccccc21. The van der Waals surface area contributed by atoms with Gasteiger partial charge >= 0.3 is 12.1 Å². The molecule has 0 bridgehead atoms. The number of carboxylic acids is 1. The molecule has 3 rings (SSSR count). The molecule has 35 heavy (non-hydrogen) atoms. The minimum absolute atomic E-state index is 0.0699. The highest BCUT2D eigenvalue weighted by molar-refractivity contribution is 5.86. The summed E-state index contributed by atoms with van der Waals surface area (Å²) in [6.45, 7) is 6.10. The van der Waals surface area contributed by atoms with Crippen LogP contribution in [-0.2, 0) is 14.3 Å². The first-order valence-electron chi connectivity index (χ1n) is 12.4. The summed E-state index contributed by atoms with van der Waals surface area (Å²) >= 11 is 0. The van der Waals surface area contributed by atoms with Crippen LogP contribution in [0.3, 0.4) is 0 Å². The van der Waals surface area contributed by atoms with Crippen molar-refractivity contribution in [3.63, 3.8) is 0 Å². The molecule has 0 radical (unpaired) electrons. The average molecular weight is 481 g/mol. The summed E-state index contributed by atoms with van der Waals surface area (Å²) in [5, 5.41) is 14.7. The third kappa shape index (κ3) is 7.07. The lowest BCUT2D eigenvalue weighted by atomic mass is 9.98. The van der Waals surface area contributed by atoms with E-state index in [1.807, 2.05) is 45.0 Å². The van der Waals surface area contributed by atoms with Gasteiger partial charge in [0, 0.05) is 12.0 Å². The van der Waals surface area contributed by atoms with Gasteiger partial charge in [0.15, 0.2) is 0 Å². The monoisotopic (exact) mass is 480 g/mol. The van der Waals surface area contributed by atoms with Crippen molar-refractivity contribution >= 4 is 18.0 Å². The molecule has 0 fully saturated rings. The molecule has 2 aromatic carbocycles. The molecule has 3 N–H and O–H groups in total. The van der Waals surface area contributed by atoms with Crippen LogP contribution in [0.2, 0.25) is 0 Å². The van der Waals surface area contributed by atoms with Crippen molar-refractivity contribution in [2.45, 2.75) is 70.9 Å². The molecule has 0 heterocycles. The number of ether oxygens (including phenoxy) is 1. The van der Waals surface area contributed by atoms with E-state index < -0.39 is 24.1 Å². The maximum Gasteiger partial charge on any atom is 0.407 e. The van der Waals surface area contributed by atoms with E-state index in [1.54, 1.807) is 0 Å². The summed E-state index contributed by atoms with van der Waals surface area (Å²) in [5.41, 5.74) is 4.52. The summed E-state index contributed by atoms with van der Waals surface area (Å²) < 4.78 is 5.61. The molecule has 7 heteroatoms. The second kappa shape index (κ2) is 12.4. The van der Waals surface area contributed by atoms with Crippen molar-refractivity contribution in [3.05, 3.63) is 59.7 Å². The maximum absolute atomic E-state index is 13.0. The Balaban J connectivity index is 1.64. The number of carbonyl (C=O) groups is 3. The Hall–Kier alpha value is -3.35. The first-order valence-corrected chi connectivity index (χ1v) is 12.4. The van der Waals surface area contributed by atoms with Gasteiger partial charge in [0.2, 0.25) is 5.91 Å². The minimum atomic E-state index is -0.962. The van der Waals surface area contributed by atoms with Crippen LogP contribution in [-0.4, -0.2) is 41.8 Å². The zero-order valence-corrected chi connectivity index (χ0v) is 20.8. The zero-order valence-electron chi connectivity index (χ0n) is 20.8. The van der Waals surface area contributed by atoms with Crippen LogP contribution in [0.15, 0.2) is 48.5 Å². The molecule has 0 saturated heterocycles. The molecule has 1 aliphatic carbocycles. The van der Waals surface area contributed by atoms with E-state index in [-0.39, 0.29) is 30.8 Å². The number of fused-ring (bicyclic) bond motifs is 3. The Labute approximate surface area is 207 Å². The van der Waals surface area contributed by atoms with Crippen molar-refractivity contribution in [2.75, 3.05) is 6.61 Å². The lowest BCUT2D eigenvalue weighted by Crippen LogP contribution is -2.50. The molecule has 2 aromatic rings. The van der Waals surface area contributed by atoms with Crippen molar-refractivity contribution in [1.29, 1.82) is 0 Å². The van der Waals surface area contributed by atoms with Gasteiger partial charge in [-0.25, -0.2) is 4.79 Å². The van der Waals surface area contributed by atoms with Gasteiger partial charge in [0.05, 0.1) is 6.42 Å². The smallest absolute Gasteiger partial charge is 0.407 e. The van der Waals surface area contributed by atoms with Crippen LogP contribution in [0.5, 0.6) is 0 Å². The lowest BCUT2D eigenvalue weighted by molar-refractivity contribution is -0.137. The third-order valence-corrected chi connectivity index (χ3v) is 6.33. The molecule has 2 amide bonds. The van der Waals surface area contributed by atoms with Gasteiger partial charge in [-0.1, -0.05) is 82.1 Å². The van der Waals surface area contributed by atoms with Crippen LogP contribution in [0.25, 0.3) is 11.1 Å². The summed E-state index contributed by atoms with van der Waals surface area (Å²) in [7, 11) is 0. The molecule has 0 aromatic heterocycles. The number of amides is 2. The second-order valence-electron chi connectivity index (χ2n) is 9.60. The molecule has 0 spiro atoms. The quantitative estimate of drug-likeness (QED) is 0.392. The van der Waals surface area contributed by atoms with Crippen molar-refractivity contribution < 1.29 is 24.2 Å². The Morgan fingerprint density at radius 2 is 1.57 bits per heavy atom. The van der Waals surface area contributed by atoms with Gasteiger partial charge < -0.3 is 20.5 Å². The number of hydrogen-bond acceptors (Lipinski definition) is 4. The highest BCUT2D eigenvalue weighted by atomic mass is 16.5. The van der Waals surface area contributed by atoms with E-state index in [9.17, 15) is 19.5 Å². The fraction of sp³-hybridized carbons (Fsp3) is 0.464. The Morgan fingerprint density at radius 3 is 2.11 bits per heavy atom. The molecule has 188 valence electrons. The lowest BCUT2D eigenvalue weighted by Gasteiger charge is -2.24. The molecule has 1 aliphatic rings. The third-order valence-electron chi connectivity index (χ3n) is 6.33. The van der Waals surface area contributed by atoms with Crippen LogP contribution in [0.1, 0.15) is 69.9 Å². The topological polar surface area (TPSA) is 105 Å². The first-order chi connectivity index (χ1) is 16.8. The maximum atomic E-state index is 13.0. The normalized spacial score (nSPS) is 14.1. The molecule has 7 nitrogen and oxygen atoms in total. The standard InChI is InChI=1S/C28H36N2O5/c1-4-5-10-19(16-26(31)32)29-27(33)25(15-18(2)3)30-28(34)35-17-24-22-13-8-6-11-20(22)21-12-7-9-14-23(21)24/h6-9,11-14,18-19,24-25H,4-5,10,15-17H2,1-3H3,(H,29,33)(H,30,34)(H,31,32)/t19-,25?/m0/s1. The van der Waals surface area contributed by atoms with E-state index >= 15 is 0 Å². The predicted octanol–water partition coefficient (Wildman–Crippen LogP) is 5.09. The molecular weight excluding hydrogens is 444 g/mol. The van der Waals surface area contributed by atoms with E-state index in [1.165, 1.54) is 0 Å². The number of carboxylic acid groups (broad SMARTS) is 1. The number of aliphatic carboxylic acids is 1. The highest BCUT2D eigenvalue weighted by Gasteiger charge is 2.30. The number of carbonyl (C=O) groups excluding carboxylic acids is 2. The van der Waals surface area contributed by atoms with Crippen LogP contribution < -0.4 is 10.6 Å². The number of nitrogens with one attached hydrogen (secondary N) is 2. The van der Waals surface area contributed by atoms with Gasteiger partial charge in [0.25, 0.3) is 0 Å². The fourth-order valence-electron chi connectivity index (χ4n) is 4.67. The molecule has 1 unspecified atom stereocenters. The number of benzene rings is 2. The van der Waals surface area contributed by atoms with Crippen molar-refractivity contribution in [3.8, 4) is 11.1 Å². The predicted molar refractivity (Wildman–Crippen MR) is 135 cm³/mol. The summed E-state index contributed by atoms with van der Waals surface area (Å²) in [5.74, 6) is -1.27. The van der Waals surface area contributed by atoms with Gasteiger partial charge in [-0.15, -0.1) is 0 Å². The number of rotatable bonds is 12. The molecular formula is C28H36N2O5.